The molecular formula is C15H11ClF3NOS. The molecule has 0 aliphatic carbocycles. The summed E-state index contributed by atoms with van der Waals surface area (Å²) in [7, 11) is 0. The third-order valence-electron chi connectivity index (χ3n) is 2.79. The zero-order valence-corrected chi connectivity index (χ0v) is 12.9. The summed E-state index contributed by atoms with van der Waals surface area (Å²) in [5.74, 6) is -4.86. The van der Waals surface area contributed by atoms with E-state index in [9.17, 15) is 18.0 Å². The maximum Gasteiger partial charge on any atom is 0.237 e. The van der Waals surface area contributed by atoms with E-state index in [0.717, 1.165) is 17.0 Å². The Hall–Kier alpha value is -1.66. The minimum absolute atomic E-state index is 0.396. The number of amides is 1. The van der Waals surface area contributed by atoms with Crippen LogP contribution in [0.5, 0.6) is 0 Å². The van der Waals surface area contributed by atoms with Gasteiger partial charge in [0.25, 0.3) is 0 Å². The van der Waals surface area contributed by atoms with Crippen molar-refractivity contribution in [2.75, 3.05) is 5.32 Å². The lowest BCUT2D eigenvalue weighted by molar-refractivity contribution is -0.115. The van der Waals surface area contributed by atoms with Crippen LogP contribution in [-0.4, -0.2) is 11.2 Å². The molecule has 0 aromatic heterocycles. The van der Waals surface area contributed by atoms with E-state index in [1.54, 1.807) is 31.2 Å². The second-order valence-electron chi connectivity index (χ2n) is 4.43. The predicted molar refractivity (Wildman–Crippen MR) is 81.7 cm³/mol. The summed E-state index contributed by atoms with van der Waals surface area (Å²) in [6, 6.07) is 8.59. The van der Waals surface area contributed by atoms with Crippen molar-refractivity contribution in [3.63, 3.8) is 0 Å². The zero-order valence-electron chi connectivity index (χ0n) is 11.4. The number of thioether (sulfide) groups is 1. The molecule has 0 saturated heterocycles. The Morgan fingerprint density at radius 2 is 1.73 bits per heavy atom. The number of hydrogen-bond acceptors (Lipinski definition) is 2. The van der Waals surface area contributed by atoms with Gasteiger partial charge in [0.1, 0.15) is 0 Å². The molecular weight excluding hydrogens is 335 g/mol. The number of rotatable bonds is 4. The van der Waals surface area contributed by atoms with Crippen LogP contribution in [0.15, 0.2) is 41.3 Å². The molecule has 0 aliphatic rings. The van der Waals surface area contributed by atoms with Crippen LogP contribution in [0.2, 0.25) is 5.02 Å². The highest BCUT2D eigenvalue weighted by atomic mass is 35.5. The van der Waals surface area contributed by atoms with Gasteiger partial charge in [-0.05, 0) is 43.3 Å². The SMILES string of the molecule is C[C@H](Sc1ccc(Cl)cc1)C(=O)Nc1ccc(F)c(F)c1F. The van der Waals surface area contributed by atoms with Gasteiger partial charge in [-0.1, -0.05) is 11.6 Å². The second-order valence-corrected chi connectivity index (χ2v) is 6.28. The van der Waals surface area contributed by atoms with Gasteiger partial charge in [0.05, 0.1) is 10.9 Å². The van der Waals surface area contributed by atoms with E-state index in [2.05, 4.69) is 5.32 Å². The largest absolute Gasteiger partial charge is 0.323 e. The first kappa shape index (κ1) is 16.7. The fourth-order valence-corrected chi connectivity index (χ4v) is 2.62. The van der Waals surface area contributed by atoms with Crippen LogP contribution < -0.4 is 5.32 Å². The lowest BCUT2D eigenvalue weighted by atomic mass is 10.2. The molecule has 0 heterocycles. The first-order chi connectivity index (χ1) is 10.4. The lowest BCUT2D eigenvalue weighted by Gasteiger charge is -2.13. The Bertz CT molecular complexity index is 694. The Morgan fingerprint density at radius 3 is 2.36 bits per heavy atom. The van der Waals surface area contributed by atoms with Crippen molar-refractivity contribution in [3.8, 4) is 0 Å². The van der Waals surface area contributed by atoms with Crippen molar-refractivity contribution in [1.82, 2.24) is 0 Å². The van der Waals surface area contributed by atoms with Gasteiger partial charge in [0.15, 0.2) is 17.5 Å². The number of hydrogen-bond donors (Lipinski definition) is 1. The zero-order chi connectivity index (χ0) is 16.3. The van der Waals surface area contributed by atoms with E-state index < -0.39 is 34.3 Å². The Morgan fingerprint density at radius 1 is 1.09 bits per heavy atom. The van der Waals surface area contributed by atoms with Gasteiger partial charge in [0.2, 0.25) is 5.91 Å². The van der Waals surface area contributed by atoms with Crippen LogP contribution in [0.1, 0.15) is 6.92 Å². The lowest BCUT2D eigenvalue weighted by Crippen LogP contribution is -2.23. The summed E-state index contributed by atoms with van der Waals surface area (Å²) < 4.78 is 39.4. The van der Waals surface area contributed by atoms with Gasteiger partial charge in [-0.2, -0.15) is 0 Å². The number of anilines is 1. The molecule has 0 unspecified atom stereocenters. The topological polar surface area (TPSA) is 29.1 Å². The molecule has 0 fully saturated rings. The Labute approximate surface area is 134 Å². The van der Waals surface area contributed by atoms with Crippen molar-refractivity contribution in [3.05, 3.63) is 58.9 Å². The Kier molecular flexibility index (Phi) is 5.37. The van der Waals surface area contributed by atoms with Crippen LogP contribution in [0, 0.1) is 17.5 Å². The van der Waals surface area contributed by atoms with Crippen LogP contribution in [0.4, 0.5) is 18.9 Å². The standard InChI is InChI=1S/C15H11ClF3NOS/c1-8(22-10-4-2-9(16)3-5-10)15(21)20-12-7-6-11(17)13(18)14(12)19/h2-8H,1H3,(H,20,21)/t8-/m0/s1. The minimum Gasteiger partial charge on any atom is -0.323 e. The monoisotopic (exact) mass is 345 g/mol. The van der Waals surface area contributed by atoms with Crippen molar-refractivity contribution in [1.29, 1.82) is 0 Å². The molecule has 1 atom stereocenters. The number of halogens is 4. The molecule has 2 nitrogen and oxygen atoms in total. The minimum atomic E-state index is -1.61. The highest BCUT2D eigenvalue weighted by Crippen LogP contribution is 2.26. The average Bonchev–Trinajstić information content (AvgIpc) is 2.50. The second kappa shape index (κ2) is 7.07. The molecule has 2 aromatic carbocycles. The summed E-state index contributed by atoms with van der Waals surface area (Å²) in [6.07, 6.45) is 0. The first-order valence-electron chi connectivity index (χ1n) is 6.25. The molecule has 7 heteroatoms. The fraction of sp³-hybridized carbons (Fsp3) is 0.133. The molecule has 0 bridgehead atoms. The third-order valence-corrected chi connectivity index (χ3v) is 4.15. The van der Waals surface area contributed by atoms with Gasteiger partial charge in [-0.3, -0.25) is 4.79 Å². The number of benzene rings is 2. The van der Waals surface area contributed by atoms with Gasteiger partial charge >= 0.3 is 0 Å². The molecule has 0 saturated carbocycles. The molecule has 1 N–H and O–H groups in total. The maximum absolute atomic E-state index is 13.5. The summed E-state index contributed by atoms with van der Waals surface area (Å²) in [5, 5.41) is 2.26. The van der Waals surface area contributed by atoms with Gasteiger partial charge < -0.3 is 5.32 Å². The van der Waals surface area contributed by atoms with Crippen LogP contribution >= 0.6 is 23.4 Å². The fourth-order valence-electron chi connectivity index (χ4n) is 1.63. The summed E-state index contributed by atoms with van der Waals surface area (Å²) in [5.41, 5.74) is -0.396. The van der Waals surface area contributed by atoms with E-state index in [1.807, 2.05) is 0 Å². The van der Waals surface area contributed by atoms with E-state index in [4.69, 9.17) is 11.6 Å². The smallest absolute Gasteiger partial charge is 0.237 e. The molecule has 2 aromatic rings. The molecule has 0 spiro atoms. The van der Waals surface area contributed by atoms with Crippen LogP contribution in [-0.2, 0) is 4.79 Å². The van der Waals surface area contributed by atoms with Crippen molar-refractivity contribution in [2.45, 2.75) is 17.1 Å². The molecule has 2 rings (SSSR count). The first-order valence-corrected chi connectivity index (χ1v) is 7.51. The average molecular weight is 346 g/mol. The number of nitrogens with one attached hydrogen (secondary N) is 1. The van der Waals surface area contributed by atoms with Crippen LogP contribution in [0.3, 0.4) is 0 Å². The number of carbonyl (C=O) groups is 1. The van der Waals surface area contributed by atoms with Crippen molar-refractivity contribution in [2.24, 2.45) is 0 Å². The van der Waals surface area contributed by atoms with E-state index in [-0.39, 0.29) is 0 Å². The van der Waals surface area contributed by atoms with Crippen molar-refractivity contribution >= 4 is 35.0 Å². The van der Waals surface area contributed by atoms with Crippen LogP contribution in [0.25, 0.3) is 0 Å². The highest BCUT2D eigenvalue weighted by molar-refractivity contribution is 8.00. The Balaban J connectivity index is 2.05. The third kappa shape index (κ3) is 3.96. The normalized spacial score (nSPS) is 12.0. The predicted octanol–water partition coefficient (Wildman–Crippen LogP) is 4.88. The quantitative estimate of drug-likeness (QED) is 0.632. The van der Waals surface area contributed by atoms with E-state index in [0.29, 0.717) is 5.02 Å². The maximum atomic E-state index is 13.5. The highest BCUT2D eigenvalue weighted by Gasteiger charge is 2.19. The summed E-state index contributed by atoms with van der Waals surface area (Å²) >= 11 is 7.00. The molecule has 1 amide bonds. The van der Waals surface area contributed by atoms with Crippen molar-refractivity contribution < 1.29 is 18.0 Å². The molecule has 22 heavy (non-hydrogen) atoms. The molecule has 0 aliphatic heterocycles. The van der Waals surface area contributed by atoms with Gasteiger partial charge in [-0.25, -0.2) is 13.2 Å². The summed E-state index contributed by atoms with van der Waals surface area (Å²) in [4.78, 5) is 12.8. The van der Waals surface area contributed by atoms with Gasteiger partial charge in [-0.15, -0.1) is 11.8 Å². The number of carbonyl (C=O) groups excluding carboxylic acids is 1. The van der Waals surface area contributed by atoms with E-state index in [1.165, 1.54) is 11.8 Å². The molecule has 116 valence electrons. The van der Waals surface area contributed by atoms with Gasteiger partial charge in [0, 0.05) is 9.92 Å². The van der Waals surface area contributed by atoms with E-state index >= 15 is 0 Å². The molecule has 0 radical (unpaired) electrons. The summed E-state index contributed by atoms with van der Waals surface area (Å²) in [6.45, 7) is 1.62.